The lowest BCUT2D eigenvalue weighted by molar-refractivity contribution is 0.0515. The molecule has 28 heavy (non-hydrogen) atoms. The van der Waals surface area contributed by atoms with Gasteiger partial charge in [0.25, 0.3) is 0 Å². The van der Waals surface area contributed by atoms with Gasteiger partial charge in [0, 0.05) is 23.3 Å². The van der Waals surface area contributed by atoms with Gasteiger partial charge in [0.2, 0.25) is 0 Å². The van der Waals surface area contributed by atoms with Crippen molar-refractivity contribution in [1.29, 1.82) is 0 Å². The third kappa shape index (κ3) is 3.29. The summed E-state index contributed by atoms with van der Waals surface area (Å²) in [4.78, 5) is 12.4. The number of benzene rings is 2. The van der Waals surface area contributed by atoms with Crippen molar-refractivity contribution >= 4 is 17.1 Å². The summed E-state index contributed by atoms with van der Waals surface area (Å²) in [6.45, 7) is 2.09. The average Bonchev–Trinajstić information content (AvgIpc) is 3.23. The first-order chi connectivity index (χ1) is 13.6. The van der Waals surface area contributed by atoms with Crippen LogP contribution in [-0.2, 0) is 11.3 Å². The van der Waals surface area contributed by atoms with Crippen molar-refractivity contribution in [3.63, 3.8) is 0 Å². The van der Waals surface area contributed by atoms with Crippen molar-refractivity contribution in [2.24, 2.45) is 0 Å². The monoisotopic (exact) mass is 381 g/mol. The Morgan fingerprint density at radius 3 is 2.54 bits per heavy atom. The van der Waals surface area contributed by atoms with E-state index >= 15 is 0 Å². The van der Waals surface area contributed by atoms with Gasteiger partial charge in [0.15, 0.2) is 5.58 Å². The smallest absolute Gasteiger partial charge is 0.355 e. The van der Waals surface area contributed by atoms with E-state index in [-0.39, 0.29) is 30.5 Å². The van der Waals surface area contributed by atoms with E-state index in [0.29, 0.717) is 28.0 Å². The molecule has 0 saturated carbocycles. The SMILES string of the molecule is CCOC(=O)c1cc2oc(-c3ccc(F)cc3)cc2n1Cc1ccccc1F. The zero-order valence-corrected chi connectivity index (χ0v) is 15.1. The van der Waals surface area contributed by atoms with E-state index in [1.165, 1.54) is 18.2 Å². The maximum atomic E-state index is 14.2. The molecule has 4 aromatic rings. The molecule has 0 unspecified atom stereocenters. The number of esters is 1. The van der Waals surface area contributed by atoms with E-state index < -0.39 is 5.97 Å². The number of furan rings is 1. The van der Waals surface area contributed by atoms with Crippen molar-refractivity contribution in [3.05, 3.63) is 83.6 Å². The van der Waals surface area contributed by atoms with Crippen LogP contribution in [-0.4, -0.2) is 17.1 Å². The Hall–Kier alpha value is -3.41. The fraction of sp³-hybridized carbons (Fsp3) is 0.136. The molecule has 0 atom stereocenters. The van der Waals surface area contributed by atoms with Gasteiger partial charge in [0.05, 0.1) is 18.7 Å². The summed E-state index contributed by atoms with van der Waals surface area (Å²) >= 11 is 0. The van der Waals surface area contributed by atoms with Gasteiger partial charge in [-0.2, -0.15) is 0 Å². The van der Waals surface area contributed by atoms with Crippen LogP contribution >= 0.6 is 0 Å². The van der Waals surface area contributed by atoms with Gasteiger partial charge in [-0.15, -0.1) is 0 Å². The van der Waals surface area contributed by atoms with Gasteiger partial charge in [-0.3, -0.25) is 0 Å². The molecule has 6 heteroatoms. The van der Waals surface area contributed by atoms with Crippen molar-refractivity contribution in [2.75, 3.05) is 6.61 Å². The first-order valence-corrected chi connectivity index (χ1v) is 8.86. The van der Waals surface area contributed by atoms with Gasteiger partial charge < -0.3 is 13.7 Å². The summed E-state index contributed by atoms with van der Waals surface area (Å²) in [5.74, 6) is -0.675. The second-order valence-electron chi connectivity index (χ2n) is 6.29. The number of fused-ring (bicyclic) bond motifs is 1. The molecular weight excluding hydrogens is 364 g/mol. The molecule has 4 nitrogen and oxygen atoms in total. The molecule has 2 aromatic heterocycles. The molecule has 142 valence electrons. The second-order valence-corrected chi connectivity index (χ2v) is 6.29. The minimum atomic E-state index is -0.506. The first-order valence-electron chi connectivity index (χ1n) is 8.86. The van der Waals surface area contributed by atoms with Crippen LogP contribution in [0.3, 0.4) is 0 Å². The Balaban J connectivity index is 1.82. The minimum absolute atomic E-state index is 0.146. The maximum Gasteiger partial charge on any atom is 0.355 e. The number of carbonyl (C=O) groups excluding carboxylic acids is 1. The highest BCUT2D eigenvalue weighted by atomic mass is 19.1. The van der Waals surface area contributed by atoms with Crippen LogP contribution in [0.25, 0.3) is 22.4 Å². The highest BCUT2D eigenvalue weighted by Crippen LogP contribution is 2.31. The fourth-order valence-electron chi connectivity index (χ4n) is 3.14. The molecule has 0 radical (unpaired) electrons. The fourth-order valence-corrected chi connectivity index (χ4v) is 3.14. The lowest BCUT2D eigenvalue weighted by atomic mass is 10.1. The lowest BCUT2D eigenvalue weighted by Crippen LogP contribution is -2.13. The van der Waals surface area contributed by atoms with Crippen molar-refractivity contribution in [1.82, 2.24) is 4.57 Å². The van der Waals surface area contributed by atoms with E-state index in [0.717, 1.165) is 0 Å². The van der Waals surface area contributed by atoms with Gasteiger partial charge in [-0.25, -0.2) is 13.6 Å². The number of ether oxygens (including phenoxy) is 1. The third-order valence-electron chi connectivity index (χ3n) is 4.49. The summed E-state index contributed by atoms with van der Waals surface area (Å²) < 4.78 is 40.0. The molecule has 4 rings (SSSR count). The predicted molar refractivity (Wildman–Crippen MR) is 101 cm³/mol. The zero-order valence-electron chi connectivity index (χ0n) is 15.1. The summed E-state index contributed by atoms with van der Waals surface area (Å²) in [6.07, 6.45) is 0. The van der Waals surface area contributed by atoms with Crippen LogP contribution in [0, 0.1) is 11.6 Å². The Bertz CT molecular complexity index is 1140. The highest BCUT2D eigenvalue weighted by molar-refractivity contribution is 5.95. The number of carbonyl (C=O) groups is 1. The topological polar surface area (TPSA) is 44.4 Å². The molecule has 0 aliphatic carbocycles. The van der Waals surface area contributed by atoms with E-state index in [1.807, 2.05) is 0 Å². The molecule has 0 bridgehead atoms. The molecular formula is C22H17F2NO3. The van der Waals surface area contributed by atoms with Gasteiger partial charge >= 0.3 is 5.97 Å². The average molecular weight is 381 g/mol. The Labute approximate surface area is 160 Å². The second kappa shape index (κ2) is 7.31. The van der Waals surface area contributed by atoms with Crippen LogP contribution in [0.2, 0.25) is 0 Å². The van der Waals surface area contributed by atoms with Crippen LogP contribution in [0.4, 0.5) is 8.78 Å². The van der Waals surface area contributed by atoms with E-state index in [4.69, 9.17) is 9.15 Å². The van der Waals surface area contributed by atoms with E-state index in [9.17, 15) is 13.6 Å². The van der Waals surface area contributed by atoms with Crippen LogP contribution < -0.4 is 0 Å². The summed E-state index contributed by atoms with van der Waals surface area (Å²) in [7, 11) is 0. The van der Waals surface area contributed by atoms with Gasteiger partial charge in [-0.1, -0.05) is 18.2 Å². The van der Waals surface area contributed by atoms with Gasteiger partial charge in [0.1, 0.15) is 23.1 Å². The Kier molecular flexibility index (Phi) is 4.69. The van der Waals surface area contributed by atoms with Crippen molar-refractivity contribution < 1.29 is 22.7 Å². The lowest BCUT2D eigenvalue weighted by Gasteiger charge is -2.10. The predicted octanol–water partition coefficient (Wildman–Crippen LogP) is 5.40. The number of nitrogens with zero attached hydrogens (tertiary/aromatic N) is 1. The summed E-state index contributed by atoms with van der Waals surface area (Å²) in [5, 5.41) is 0. The molecule has 2 aromatic carbocycles. The van der Waals surface area contributed by atoms with Crippen LogP contribution in [0.5, 0.6) is 0 Å². The molecule has 2 heterocycles. The molecule has 0 amide bonds. The minimum Gasteiger partial charge on any atom is -0.461 e. The van der Waals surface area contributed by atoms with Crippen LogP contribution in [0.15, 0.2) is 65.1 Å². The highest BCUT2D eigenvalue weighted by Gasteiger charge is 2.21. The number of halogens is 2. The molecule has 0 saturated heterocycles. The Morgan fingerprint density at radius 1 is 1.07 bits per heavy atom. The quantitative estimate of drug-likeness (QED) is 0.435. The first kappa shape index (κ1) is 18.0. The Morgan fingerprint density at radius 2 is 1.82 bits per heavy atom. The summed E-state index contributed by atoms with van der Waals surface area (Å²) in [6, 6.07) is 15.6. The number of hydrogen-bond donors (Lipinski definition) is 0. The van der Waals surface area contributed by atoms with Crippen molar-refractivity contribution in [2.45, 2.75) is 13.5 Å². The molecule has 0 spiro atoms. The number of rotatable bonds is 5. The van der Waals surface area contributed by atoms with Crippen LogP contribution in [0.1, 0.15) is 23.0 Å². The molecule has 0 aliphatic rings. The largest absolute Gasteiger partial charge is 0.461 e. The van der Waals surface area contributed by atoms with Crippen molar-refractivity contribution in [3.8, 4) is 11.3 Å². The van der Waals surface area contributed by atoms with Gasteiger partial charge in [-0.05, 0) is 37.3 Å². The standard InChI is InChI=1S/C22H17F2NO3/c1-2-27-22(26)19-12-21-18(25(19)13-15-5-3-4-6-17(15)24)11-20(28-21)14-7-9-16(23)10-8-14/h3-12H,2,13H2,1H3. The zero-order chi connectivity index (χ0) is 19.7. The number of aromatic nitrogens is 1. The summed E-state index contributed by atoms with van der Waals surface area (Å²) in [5.41, 5.74) is 2.52. The third-order valence-corrected chi connectivity index (χ3v) is 4.49. The number of hydrogen-bond acceptors (Lipinski definition) is 3. The molecule has 0 aliphatic heterocycles. The molecule has 0 N–H and O–H groups in total. The molecule has 0 fully saturated rings. The van der Waals surface area contributed by atoms with E-state index in [1.54, 1.807) is 54.0 Å². The normalized spacial score (nSPS) is 11.1. The maximum absolute atomic E-state index is 14.2. The van der Waals surface area contributed by atoms with E-state index in [2.05, 4.69) is 0 Å².